The molecular formula is C18H17Cl2N3S. The maximum atomic E-state index is 6.15. The first-order valence-electron chi connectivity index (χ1n) is 7.60. The molecule has 0 bridgehead atoms. The van der Waals surface area contributed by atoms with Crippen LogP contribution in [0.3, 0.4) is 0 Å². The Balaban J connectivity index is 2.05. The maximum absolute atomic E-state index is 6.15. The minimum atomic E-state index is 0.00920. The molecule has 1 N–H and O–H groups in total. The van der Waals surface area contributed by atoms with Crippen LogP contribution in [0, 0.1) is 0 Å². The number of benzene rings is 1. The van der Waals surface area contributed by atoms with Gasteiger partial charge in [0.15, 0.2) is 0 Å². The molecule has 2 heterocycles. The summed E-state index contributed by atoms with van der Waals surface area (Å²) in [6.07, 6.45) is 7.36. The number of pyridine rings is 1. The van der Waals surface area contributed by atoms with E-state index in [1.54, 1.807) is 24.0 Å². The average Bonchev–Trinajstić information content (AvgIpc) is 3.06. The van der Waals surface area contributed by atoms with Crippen molar-refractivity contribution in [1.29, 1.82) is 0 Å². The van der Waals surface area contributed by atoms with Gasteiger partial charge in [-0.25, -0.2) is 4.98 Å². The van der Waals surface area contributed by atoms with E-state index in [2.05, 4.69) is 34.9 Å². The van der Waals surface area contributed by atoms with Gasteiger partial charge in [0.2, 0.25) is 0 Å². The standard InChI is InChI=1S/C18H17Cl2N3S/c1-11(2)16-10-21-4-3-15(16)17(18-22-5-6-23-18)24-14-8-12(19)7-13(20)9-14/h3-11,17H,1-2H3,(H,22,23). The molecule has 3 rings (SSSR count). The Labute approximate surface area is 155 Å². The summed E-state index contributed by atoms with van der Waals surface area (Å²) in [7, 11) is 0. The van der Waals surface area contributed by atoms with Gasteiger partial charge in [0.05, 0.1) is 5.25 Å². The van der Waals surface area contributed by atoms with Crippen LogP contribution in [0.15, 0.2) is 53.9 Å². The van der Waals surface area contributed by atoms with Gasteiger partial charge in [-0.2, -0.15) is 0 Å². The molecular weight excluding hydrogens is 361 g/mol. The molecule has 0 spiro atoms. The zero-order chi connectivity index (χ0) is 17.1. The lowest BCUT2D eigenvalue weighted by Crippen LogP contribution is -2.05. The Bertz CT molecular complexity index is 799. The van der Waals surface area contributed by atoms with Crippen LogP contribution < -0.4 is 0 Å². The third kappa shape index (κ3) is 3.94. The normalized spacial score (nSPS) is 12.5. The van der Waals surface area contributed by atoms with E-state index in [4.69, 9.17) is 23.2 Å². The monoisotopic (exact) mass is 377 g/mol. The van der Waals surface area contributed by atoms with Gasteiger partial charge in [-0.15, -0.1) is 11.8 Å². The highest BCUT2D eigenvalue weighted by molar-refractivity contribution is 7.99. The van der Waals surface area contributed by atoms with Crippen molar-refractivity contribution in [1.82, 2.24) is 15.0 Å². The van der Waals surface area contributed by atoms with Crippen LogP contribution >= 0.6 is 35.0 Å². The average molecular weight is 378 g/mol. The number of thioether (sulfide) groups is 1. The first-order valence-corrected chi connectivity index (χ1v) is 9.24. The zero-order valence-corrected chi connectivity index (χ0v) is 15.7. The number of hydrogen-bond donors (Lipinski definition) is 1. The molecule has 0 amide bonds. The minimum Gasteiger partial charge on any atom is -0.347 e. The molecule has 124 valence electrons. The molecule has 0 aliphatic rings. The Morgan fingerprint density at radius 1 is 1.04 bits per heavy atom. The van der Waals surface area contributed by atoms with Crippen LogP contribution in [0.5, 0.6) is 0 Å². The fourth-order valence-corrected chi connectivity index (χ4v) is 4.46. The van der Waals surface area contributed by atoms with Gasteiger partial charge in [-0.3, -0.25) is 4.98 Å². The lowest BCUT2D eigenvalue weighted by Gasteiger charge is -2.20. The smallest absolute Gasteiger partial charge is 0.124 e. The van der Waals surface area contributed by atoms with E-state index < -0.39 is 0 Å². The largest absolute Gasteiger partial charge is 0.347 e. The van der Waals surface area contributed by atoms with Crippen LogP contribution in [0.2, 0.25) is 10.0 Å². The number of aromatic nitrogens is 3. The topological polar surface area (TPSA) is 41.6 Å². The van der Waals surface area contributed by atoms with Gasteiger partial charge >= 0.3 is 0 Å². The summed E-state index contributed by atoms with van der Waals surface area (Å²) in [6, 6.07) is 7.64. The molecule has 6 heteroatoms. The van der Waals surface area contributed by atoms with Gasteiger partial charge in [0.25, 0.3) is 0 Å². The first-order chi connectivity index (χ1) is 11.5. The highest BCUT2D eigenvalue weighted by atomic mass is 35.5. The van der Waals surface area contributed by atoms with Crippen molar-refractivity contribution in [3.8, 4) is 0 Å². The van der Waals surface area contributed by atoms with Gasteiger partial charge in [-0.05, 0) is 41.3 Å². The second-order valence-electron chi connectivity index (χ2n) is 5.74. The summed E-state index contributed by atoms with van der Waals surface area (Å²) in [5.41, 5.74) is 2.40. The predicted octanol–water partition coefficient (Wildman–Crippen LogP) is 6.12. The molecule has 3 aromatic rings. The molecule has 3 nitrogen and oxygen atoms in total. The number of hydrogen-bond acceptors (Lipinski definition) is 3. The number of nitrogens with one attached hydrogen (secondary N) is 1. The molecule has 0 aliphatic carbocycles. The van der Waals surface area contributed by atoms with E-state index in [1.165, 1.54) is 11.1 Å². The number of nitrogens with zero attached hydrogens (tertiary/aromatic N) is 2. The lowest BCUT2D eigenvalue weighted by molar-refractivity contribution is 0.829. The van der Waals surface area contributed by atoms with Crippen molar-refractivity contribution in [2.45, 2.75) is 29.9 Å². The highest BCUT2D eigenvalue weighted by Gasteiger charge is 2.22. The Hall–Kier alpha value is -1.49. The van der Waals surface area contributed by atoms with E-state index in [9.17, 15) is 0 Å². The molecule has 0 aliphatic heterocycles. The van der Waals surface area contributed by atoms with E-state index in [0.717, 1.165) is 10.7 Å². The summed E-state index contributed by atoms with van der Waals surface area (Å²) in [5, 5.41) is 1.26. The van der Waals surface area contributed by atoms with Crippen molar-refractivity contribution >= 4 is 35.0 Å². The number of halogens is 2. The molecule has 1 aromatic carbocycles. The second kappa shape index (κ2) is 7.60. The molecule has 0 radical (unpaired) electrons. The third-order valence-corrected chi connectivity index (χ3v) is 5.31. The van der Waals surface area contributed by atoms with Gasteiger partial charge in [-0.1, -0.05) is 37.0 Å². The van der Waals surface area contributed by atoms with Crippen molar-refractivity contribution in [2.75, 3.05) is 0 Å². The van der Waals surface area contributed by atoms with Gasteiger partial charge < -0.3 is 4.98 Å². The van der Waals surface area contributed by atoms with Crippen molar-refractivity contribution in [3.05, 3.63) is 76.0 Å². The van der Waals surface area contributed by atoms with Crippen LogP contribution in [0.25, 0.3) is 0 Å². The van der Waals surface area contributed by atoms with E-state index in [-0.39, 0.29) is 5.25 Å². The number of aromatic amines is 1. The lowest BCUT2D eigenvalue weighted by atomic mass is 9.97. The second-order valence-corrected chi connectivity index (χ2v) is 7.79. The quantitative estimate of drug-likeness (QED) is 0.544. The van der Waals surface area contributed by atoms with E-state index >= 15 is 0 Å². The summed E-state index contributed by atoms with van der Waals surface area (Å²) in [4.78, 5) is 13.0. The minimum absolute atomic E-state index is 0.00920. The number of rotatable bonds is 5. The Morgan fingerprint density at radius 2 is 1.79 bits per heavy atom. The molecule has 1 atom stereocenters. The molecule has 0 saturated carbocycles. The molecule has 24 heavy (non-hydrogen) atoms. The predicted molar refractivity (Wildman–Crippen MR) is 101 cm³/mol. The fourth-order valence-electron chi connectivity index (χ4n) is 2.56. The fraction of sp³-hybridized carbons (Fsp3) is 0.222. The van der Waals surface area contributed by atoms with Crippen LogP contribution in [-0.4, -0.2) is 15.0 Å². The number of H-pyrrole nitrogens is 1. The van der Waals surface area contributed by atoms with Gasteiger partial charge in [0, 0.05) is 39.7 Å². The number of imidazole rings is 1. The Kier molecular flexibility index (Phi) is 5.49. The van der Waals surface area contributed by atoms with E-state index in [0.29, 0.717) is 16.0 Å². The molecule has 2 aromatic heterocycles. The maximum Gasteiger partial charge on any atom is 0.124 e. The SMILES string of the molecule is CC(C)c1cnccc1C(Sc1cc(Cl)cc(Cl)c1)c1ncc[nH]1. The summed E-state index contributed by atoms with van der Waals surface area (Å²) >= 11 is 14.0. The van der Waals surface area contributed by atoms with Crippen molar-refractivity contribution in [3.63, 3.8) is 0 Å². The third-order valence-electron chi connectivity index (χ3n) is 3.65. The highest BCUT2D eigenvalue weighted by Crippen LogP contribution is 2.42. The first kappa shape index (κ1) is 17.3. The summed E-state index contributed by atoms with van der Waals surface area (Å²) < 4.78 is 0. The molecule has 0 saturated heterocycles. The van der Waals surface area contributed by atoms with Crippen LogP contribution in [-0.2, 0) is 0 Å². The van der Waals surface area contributed by atoms with Crippen LogP contribution in [0.4, 0.5) is 0 Å². The van der Waals surface area contributed by atoms with Crippen molar-refractivity contribution < 1.29 is 0 Å². The van der Waals surface area contributed by atoms with Crippen molar-refractivity contribution in [2.24, 2.45) is 0 Å². The summed E-state index contributed by atoms with van der Waals surface area (Å²) in [5.74, 6) is 1.26. The molecule has 1 unspecified atom stereocenters. The van der Waals surface area contributed by atoms with Gasteiger partial charge in [0.1, 0.15) is 5.82 Å². The van der Waals surface area contributed by atoms with E-state index in [1.807, 2.05) is 30.7 Å². The Morgan fingerprint density at radius 3 is 2.42 bits per heavy atom. The van der Waals surface area contributed by atoms with Crippen LogP contribution in [0.1, 0.15) is 42.0 Å². The molecule has 0 fully saturated rings. The summed E-state index contributed by atoms with van der Waals surface area (Å²) in [6.45, 7) is 4.33. The zero-order valence-electron chi connectivity index (χ0n) is 13.3.